The highest BCUT2D eigenvalue weighted by molar-refractivity contribution is 6.69. The van der Waals surface area contributed by atoms with Crippen LogP contribution in [0.15, 0.2) is 5.16 Å². The third-order valence-corrected chi connectivity index (χ3v) is 4.27. The second-order valence-electron chi connectivity index (χ2n) is 6.90. The Morgan fingerprint density at radius 3 is 2.25 bits per heavy atom. The first-order chi connectivity index (χ1) is 9.51. The Balaban J connectivity index is 2.63. The molecule has 0 saturated heterocycles. The summed E-state index contributed by atoms with van der Waals surface area (Å²) in [6.07, 6.45) is 11.8. The fourth-order valence-electron chi connectivity index (χ4n) is 2.49. The van der Waals surface area contributed by atoms with E-state index in [2.05, 4.69) is 30.9 Å². The molecule has 0 N–H and O–H groups in total. The normalized spacial score (nSPS) is 25.3. The van der Waals surface area contributed by atoms with Gasteiger partial charge in [0.15, 0.2) is 0 Å². The van der Waals surface area contributed by atoms with Crippen molar-refractivity contribution >= 4 is 14.0 Å². The smallest absolute Gasteiger partial charge is 0.278 e. The number of nitrogens with zero attached hydrogens (tertiary/aromatic N) is 2. The number of hydrogen-bond donors (Lipinski definition) is 0. The molecule has 0 aromatic rings. The van der Waals surface area contributed by atoms with E-state index in [1.807, 2.05) is 0 Å². The first-order valence-electron chi connectivity index (χ1n) is 8.15. The summed E-state index contributed by atoms with van der Waals surface area (Å²) in [5.41, 5.74) is 1.11. The average Bonchev–Trinajstić information content (AvgIpc) is 2.37. The van der Waals surface area contributed by atoms with Gasteiger partial charge in [-0.3, -0.25) is 0 Å². The van der Waals surface area contributed by atoms with E-state index in [9.17, 15) is 5.26 Å². The Labute approximate surface area is 125 Å². The van der Waals surface area contributed by atoms with Crippen molar-refractivity contribution < 1.29 is 4.53 Å². The van der Waals surface area contributed by atoms with Crippen molar-refractivity contribution in [2.24, 2.45) is 11.1 Å². The molecular weight excluding hydrogens is 264 g/mol. The molecular formula is C16H30N2OSi. The highest BCUT2D eigenvalue weighted by atomic mass is 28.4. The number of hydrogen-bond acceptors (Lipinski definition) is 3. The minimum atomic E-state index is -1.61. The largest absolute Gasteiger partial charge is 0.456 e. The van der Waals surface area contributed by atoms with Gasteiger partial charge in [-0.2, -0.15) is 5.26 Å². The van der Waals surface area contributed by atoms with E-state index in [-0.39, 0.29) is 5.92 Å². The van der Waals surface area contributed by atoms with Crippen molar-refractivity contribution in [3.8, 4) is 6.07 Å². The topological polar surface area (TPSA) is 45.4 Å². The Hall–Kier alpha value is -0.823. The molecule has 114 valence electrons. The van der Waals surface area contributed by atoms with E-state index in [1.54, 1.807) is 0 Å². The zero-order valence-corrected chi connectivity index (χ0v) is 14.5. The summed E-state index contributed by atoms with van der Waals surface area (Å²) in [5, 5.41) is 13.7. The summed E-state index contributed by atoms with van der Waals surface area (Å²) >= 11 is 0. The Morgan fingerprint density at radius 2 is 1.65 bits per heavy atom. The lowest BCUT2D eigenvalue weighted by Crippen LogP contribution is -2.23. The molecule has 3 nitrogen and oxygen atoms in total. The third-order valence-electron chi connectivity index (χ3n) is 3.63. The molecule has 0 aromatic heterocycles. The second kappa shape index (κ2) is 9.18. The van der Waals surface area contributed by atoms with E-state index in [4.69, 9.17) is 4.53 Å². The summed E-state index contributed by atoms with van der Waals surface area (Å²) in [6.45, 7) is 6.44. The van der Waals surface area contributed by atoms with E-state index in [1.165, 1.54) is 44.9 Å². The SMILES string of the molecule is C[Si](C)(C)O/N=C1\CCCCCCCCCC(C#N)C1. The van der Waals surface area contributed by atoms with Crippen LogP contribution in [0.1, 0.15) is 64.2 Å². The summed E-state index contributed by atoms with van der Waals surface area (Å²) < 4.78 is 5.70. The minimum Gasteiger partial charge on any atom is -0.456 e. The average molecular weight is 295 g/mol. The molecule has 20 heavy (non-hydrogen) atoms. The maximum absolute atomic E-state index is 9.30. The molecule has 0 amide bonds. The molecule has 0 radical (unpaired) electrons. The predicted octanol–water partition coefficient (Wildman–Crippen LogP) is 5.25. The minimum absolute atomic E-state index is 0.124. The van der Waals surface area contributed by atoms with Crippen LogP contribution in [0.5, 0.6) is 0 Å². The molecule has 0 heterocycles. The zero-order chi connectivity index (χ0) is 14.8. The van der Waals surface area contributed by atoms with Crippen molar-refractivity contribution in [1.29, 1.82) is 5.26 Å². The van der Waals surface area contributed by atoms with Gasteiger partial charge in [0.1, 0.15) is 0 Å². The van der Waals surface area contributed by atoms with Gasteiger partial charge < -0.3 is 4.53 Å². The van der Waals surface area contributed by atoms with Gasteiger partial charge in [-0.1, -0.05) is 38.5 Å². The molecule has 1 rings (SSSR count). The summed E-state index contributed by atoms with van der Waals surface area (Å²) in [5.74, 6) is 0.124. The monoisotopic (exact) mass is 294 g/mol. The van der Waals surface area contributed by atoms with Gasteiger partial charge >= 0.3 is 0 Å². The molecule has 4 heteroatoms. The Kier molecular flexibility index (Phi) is 7.90. The molecule has 1 unspecified atom stereocenters. The van der Waals surface area contributed by atoms with Gasteiger partial charge in [-0.05, 0) is 38.9 Å². The van der Waals surface area contributed by atoms with Crippen LogP contribution in [0.25, 0.3) is 0 Å². The number of rotatable bonds is 2. The molecule has 1 saturated carbocycles. The van der Waals surface area contributed by atoms with Crippen molar-refractivity contribution in [2.75, 3.05) is 0 Å². The van der Waals surface area contributed by atoms with Crippen LogP contribution in [-0.2, 0) is 4.53 Å². The molecule has 1 atom stereocenters. The first-order valence-corrected chi connectivity index (χ1v) is 11.6. The first kappa shape index (κ1) is 17.2. The molecule has 0 spiro atoms. The standard InChI is InChI=1S/C16H30N2OSi/c1-20(2,3)19-18-16-12-10-8-6-4-5-7-9-11-15(13-16)14-17/h15H,4-13H2,1-3H3/b18-16+. The predicted molar refractivity (Wildman–Crippen MR) is 87.1 cm³/mol. The lowest BCUT2D eigenvalue weighted by atomic mass is 9.93. The van der Waals surface area contributed by atoms with Crippen LogP contribution >= 0.6 is 0 Å². The van der Waals surface area contributed by atoms with E-state index in [0.717, 1.165) is 25.0 Å². The van der Waals surface area contributed by atoms with Crippen LogP contribution in [-0.4, -0.2) is 14.0 Å². The van der Waals surface area contributed by atoms with Crippen LogP contribution in [0.3, 0.4) is 0 Å². The van der Waals surface area contributed by atoms with Crippen molar-refractivity contribution in [3.05, 3.63) is 0 Å². The van der Waals surface area contributed by atoms with Gasteiger partial charge in [0.25, 0.3) is 8.32 Å². The number of oxime groups is 1. The molecule has 0 bridgehead atoms. The molecule has 1 aliphatic rings. The van der Waals surface area contributed by atoms with Crippen molar-refractivity contribution in [3.63, 3.8) is 0 Å². The lowest BCUT2D eigenvalue weighted by Gasteiger charge is -2.17. The molecule has 0 aliphatic heterocycles. The van der Waals surface area contributed by atoms with Gasteiger partial charge in [-0.25, -0.2) is 0 Å². The van der Waals surface area contributed by atoms with E-state index in [0.29, 0.717) is 0 Å². The maximum Gasteiger partial charge on any atom is 0.278 e. The van der Waals surface area contributed by atoms with Crippen LogP contribution in [0.2, 0.25) is 19.6 Å². The van der Waals surface area contributed by atoms with Gasteiger partial charge in [-0.15, -0.1) is 5.16 Å². The maximum atomic E-state index is 9.30. The quantitative estimate of drug-likeness (QED) is 0.516. The summed E-state index contributed by atoms with van der Waals surface area (Å²) in [6, 6.07) is 2.46. The van der Waals surface area contributed by atoms with Gasteiger partial charge in [0, 0.05) is 6.42 Å². The summed E-state index contributed by atoms with van der Waals surface area (Å²) in [7, 11) is -1.61. The van der Waals surface area contributed by atoms with Crippen molar-refractivity contribution in [1.82, 2.24) is 0 Å². The van der Waals surface area contributed by atoms with E-state index < -0.39 is 8.32 Å². The molecule has 0 aromatic carbocycles. The second-order valence-corrected chi connectivity index (χ2v) is 11.3. The Morgan fingerprint density at radius 1 is 1.05 bits per heavy atom. The van der Waals surface area contributed by atoms with Crippen LogP contribution in [0, 0.1) is 17.2 Å². The van der Waals surface area contributed by atoms with Gasteiger partial charge in [0.2, 0.25) is 0 Å². The van der Waals surface area contributed by atoms with Crippen LogP contribution < -0.4 is 0 Å². The number of nitriles is 1. The summed E-state index contributed by atoms with van der Waals surface area (Å²) in [4.78, 5) is 0. The molecule has 1 aliphatic carbocycles. The van der Waals surface area contributed by atoms with E-state index >= 15 is 0 Å². The van der Waals surface area contributed by atoms with Crippen LogP contribution in [0.4, 0.5) is 0 Å². The fourth-order valence-corrected chi connectivity index (χ4v) is 2.89. The highest BCUT2D eigenvalue weighted by Gasteiger charge is 2.18. The fraction of sp³-hybridized carbons (Fsp3) is 0.875. The lowest BCUT2D eigenvalue weighted by molar-refractivity contribution is 0.330. The molecule has 1 fully saturated rings. The third kappa shape index (κ3) is 8.37. The van der Waals surface area contributed by atoms with Crippen molar-refractivity contribution in [2.45, 2.75) is 83.8 Å². The highest BCUT2D eigenvalue weighted by Crippen LogP contribution is 2.20. The van der Waals surface area contributed by atoms with Gasteiger partial charge in [0.05, 0.1) is 17.7 Å². The zero-order valence-electron chi connectivity index (χ0n) is 13.5. The Bertz CT molecular complexity index is 341.